The Bertz CT molecular complexity index is 1180. The van der Waals surface area contributed by atoms with Crippen LogP contribution in [0.4, 0.5) is 0 Å². The van der Waals surface area contributed by atoms with Crippen LogP contribution in [-0.4, -0.2) is 47.0 Å². The number of fused-ring (bicyclic) bond motifs is 2. The molecule has 0 unspecified atom stereocenters. The molecule has 0 saturated carbocycles. The molecule has 2 aliphatic carbocycles. The van der Waals surface area contributed by atoms with Crippen LogP contribution in [0.3, 0.4) is 0 Å². The lowest BCUT2D eigenvalue weighted by Crippen LogP contribution is -2.52. The topological polar surface area (TPSA) is 137 Å². The molecule has 0 aliphatic heterocycles. The summed E-state index contributed by atoms with van der Waals surface area (Å²) >= 11 is 0. The van der Waals surface area contributed by atoms with Gasteiger partial charge in [0, 0.05) is 30.8 Å². The van der Waals surface area contributed by atoms with E-state index >= 15 is 0 Å². The third-order valence-corrected chi connectivity index (χ3v) is 7.79. The second-order valence-corrected chi connectivity index (χ2v) is 11.5. The van der Waals surface area contributed by atoms with E-state index in [0.29, 0.717) is 19.3 Å². The van der Waals surface area contributed by atoms with Crippen molar-refractivity contribution >= 4 is 23.6 Å². The van der Waals surface area contributed by atoms with Crippen molar-refractivity contribution in [3.63, 3.8) is 0 Å². The summed E-state index contributed by atoms with van der Waals surface area (Å²) in [5.74, 6) is -2.23. The first-order valence-corrected chi connectivity index (χ1v) is 14.2. The predicted octanol–water partition coefficient (Wildman–Crippen LogP) is 2.38. The second kappa shape index (κ2) is 13.6. The maximum atomic E-state index is 13.4. The molecule has 9 heteroatoms. The molecule has 0 saturated heterocycles. The molecule has 0 bridgehead atoms. The Morgan fingerprint density at radius 1 is 0.775 bits per heavy atom. The number of amides is 4. The first kappa shape index (κ1) is 29.3. The van der Waals surface area contributed by atoms with Gasteiger partial charge in [-0.2, -0.15) is 0 Å². The zero-order valence-corrected chi connectivity index (χ0v) is 23.2. The second-order valence-electron chi connectivity index (χ2n) is 11.5. The summed E-state index contributed by atoms with van der Waals surface area (Å²) in [5.41, 5.74) is 6.44. The number of carbonyl (C=O) groups excluding carboxylic acids is 4. The van der Waals surface area contributed by atoms with Gasteiger partial charge in [0.2, 0.25) is 23.6 Å². The Hall–Kier alpha value is -3.72. The van der Waals surface area contributed by atoms with Crippen LogP contribution in [-0.2, 0) is 44.9 Å². The van der Waals surface area contributed by atoms with Gasteiger partial charge < -0.3 is 16.0 Å². The number of benzene rings is 2. The summed E-state index contributed by atoms with van der Waals surface area (Å²) in [7, 11) is 0. The lowest BCUT2D eigenvalue weighted by Gasteiger charge is -2.24. The van der Waals surface area contributed by atoms with Crippen molar-refractivity contribution in [3.8, 4) is 0 Å². The fourth-order valence-electron chi connectivity index (χ4n) is 5.88. The number of hydrogen-bond donors (Lipinski definition) is 5. The van der Waals surface area contributed by atoms with Crippen molar-refractivity contribution in [2.24, 2.45) is 11.8 Å². The standard InChI is InChI=1S/C31H40N4O5/c1-19(2)13-24(18-29(37)35-40)30(38)34-27(31(39)33-26-16-22-9-5-6-10-23(22)17-26)11-12-28(36)32-25-14-20-7-3-4-8-21(20)15-25/h3-10,19,24-27,40H,11-18H2,1-2H3,(H,32,36)(H,33,39)(H,34,38)(H,35,37)/t24-,27+/m1/s1. The maximum Gasteiger partial charge on any atom is 0.244 e. The zero-order chi connectivity index (χ0) is 28.6. The van der Waals surface area contributed by atoms with E-state index in [9.17, 15) is 19.2 Å². The number of rotatable bonds is 12. The maximum absolute atomic E-state index is 13.4. The largest absolute Gasteiger partial charge is 0.353 e. The SMILES string of the molecule is CC(C)C[C@H](CC(=O)NO)C(=O)N[C@@H](CCC(=O)NC1Cc2ccccc2C1)C(=O)NC1Cc2ccccc2C1. The van der Waals surface area contributed by atoms with Gasteiger partial charge in [0.05, 0.1) is 0 Å². The number of nitrogens with one attached hydrogen (secondary N) is 4. The van der Waals surface area contributed by atoms with E-state index in [0.717, 1.165) is 12.8 Å². The van der Waals surface area contributed by atoms with E-state index < -0.39 is 23.8 Å². The summed E-state index contributed by atoms with van der Waals surface area (Å²) in [6.07, 6.45) is 3.37. The minimum Gasteiger partial charge on any atom is -0.353 e. The fraction of sp³-hybridized carbons (Fsp3) is 0.484. The molecule has 214 valence electrons. The van der Waals surface area contributed by atoms with Crippen LogP contribution in [0.1, 0.15) is 61.8 Å². The minimum absolute atomic E-state index is 0.0103. The van der Waals surface area contributed by atoms with E-state index in [2.05, 4.69) is 40.2 Å². The molecular formula is C31H40N4O5. The third-order valence-electron chi connectivity index (χ3n) is 7.79. The highest BCUT2D eigenvalue weighted by molar-refractivity contribution is 5.91. The molecule has 4 amide bonds. The zero-order valence-electron chi connectivity index (χ0n) is 23.2. The van der Waals surface area contributed by atoms with Crippen molar-refractivity contribution in [2.75, 3.05) is 0 Å². The van der Waals surface area contributed by atoms with Crippen molar-refractivity contribution < 1.29 is 24.4 Å². The Balaban J connectivity index is 1.39. The quantitative estimate of drug-likeness (QED) is 0.205. The van der Waals surface area contributed by atoms with Crippen molar-refractivity contribution in [1.82, 2.24) is 21.4 Å². The molecule has 0 spiro atoms. The molecule has 5 N–H and O–H groups in total. The van der Waals surface area contributed by atoms with E-state index in [1.165, 1.54) is 22.3 Å². The van der Waals surface area contributed by atoms with Crippen molar-refractivity contribution in [1.29, 1.82) is 0 Å². The molecule has 2 aromatic carbocycles. The lowest BCUT2D eigenvalue weighted by atomic mass is 9.92. The minimum atomic E-state index is -0.936. The summed E-state index contributed by atoms with van der Waals surface area (Å²) in [6.45, 7) is 3.87. The molecule has 0 fully saturated rings. The van der Waals surface area contributed by atoms with E-state index in [-0.39, 0.29) is 49.1 Å². The van der Waals surface area contributed by atoms with Crippen LogP contribution in [0.2, 0.25) is 0 Å². The molecular weight excluding hydrogens is 508 g/mol. The summed E-state index contributed by atoms with van der Waals surface area (Å²) in [4.78, 5) is 51.4. The number of hydroxylamine groups is 1. The van der Waals surface area contributed by atoms with Crippen LogP contribution in [0.5, 0.6) is 0 Å². The Kier molecular flexibility index (Phi) is 9.93. The molecule has 40 heavy (non-hydrogen) atoms. The molecule has 4 rings (SSSR count). The summed E-state index contributed by atoms with van der Waals surface area (Å²) in [5, 5.41) is 17.9. The van der Waals surface area contributed by atoms with Gasteiger partial charge in [-0.25, -0.2) is 5.48 Å². The summed E-state index contributed by atoms with van der Waals surface area (Å²) < 4.78 is 0. The highest BCUT2D eigenvalue weighted by atomic mass is 16.5. The summed E-state index contributed by atoms with van der Waals surface area (Å²) in [6, 6.07) is 15.2. The van der Waals surface area contributed by atoms with E-state index in [4.69, 9.17) is 5.21 Å². The molecule has 0 heterocycles. The molecule has 9 nitrogen and oxygen atoms in total. The van der Waals surface area contributed by atoms with E-state index in [1.807, 2.05) is 38.1 Å². The first-order chi connectivity index (χ1) is 19.2. The number of hydrogen-bond acceptors (Lipinski definition) is 5. The Morgan fingerprint density at radius 2 is 1.27 bits per heavy atom. The monoisotopic (exact) mass is 548 g/mol. The van der Waals surface area contributed by atoms with Gasteiger partial charge in [0.25, 0.3) is 0 Å². The van der Waals surface area contributed by atoms with Crippen LogP contribution < -0.4 is 21.4 Å². The predicted molar refractivity (Wildman–Crippen MR) is 150 cm³/mol. The van der Waals surface area contributed by atoms with Gasteiger partial charge in [-0.15, -0.1) is 0 Å². The van der Waals surface area contributed by atoms with Gasteiger partial charge in [-0.1, -0.05) is 62.4 Å². The van der Waals surface area contributed by atoms with Gasteiger partial charge in [-0.05, 0) is 66.7 Å². The molecule has 0 aromatic heterocycles. The number of carbonyl (C=O) groups is 4. The molecule has 2 atom stereocenters. The third kappa shape index (κ3) is 7.91. The highest BCUT2D eigenvalue weighted by Crippen LogP contribution is 2.23. The highest BCUT2D eigenvalue weighted by Gasteiger charge is 2.31. The Morgan fingerprint density at radius 3 is 1.75 bits per heavy atom. The lowest BCUT2D eigenvalue weighted by molar-refractivity contribution is -0.136. The average molecular weight is 549 g/mol. The van der Waals surface area contributed by atoms with Crippen molar-refractivity contribution in [3.05, 3.63) is 70.8 Å². The van der Waals surface area contributed by atoms with Crippen LogP contribution >= 0.6 is 0 Å². The average Bonchev–Trinajstić information content (AvgIpc) is 3.52. The Labute approximate surface area is 235 Å². The van der Waals surface area contributed by atoms with Gasteiger partial charge in [0.15, 0.2) is 0 Å². The van der Waals surface area contributed by atoms with Crippen LogP contribution in [0, 0.1) is 11.8 Å². The first-order valence-electron chi connectivity index (χ1n) is 14.2. The molecule has 2 aliphatic rings. The normalized spacial score (nSPS) is 16.1. The smallest absolute Gasteiger partial charge is 0.244 e. The van der Waals surface area contributed by atoms with Crippen LogP contribution in [0.25, 0.3) is 0 Å². The molecule has 2 aromatic rings. The van der Waals surface area contributed by atoms with Gasteiger partial charge in [0.1, 0.15) is 6.04 Å². The van der Waals surface area contributed by atoms with Crippen LogP contribution in [0.15, 0.2) is 48.5 Å². The van der Waals surface area contributed by atoms with Crippen molar-refractivity contribution in [2.45, 2.75) is 83.3 Å². The van der Waals surface area contributed by atoms with Gasteiger partial charge >= 0.3 is 0 Å². The van der Waals surface area contributed by atoms with Gasteiger partial charge in [-0.3, -0.25) is 24.4 Å². The van der Waals surface area contributed by atoms with E-state index in [1.54, 1.807) is 5.48 Å². The fourth-order valence-corrected chi connectivity index (χ4v) is 5.88. The molecule has 0 radical (unpaired) electrons.